The molecule has 0 bridgehead atoms. The summed E-state index contributed by atoms with van der Waals surface area (Å²) in [4.78, 5) is 21.6. The standard InChI is InChI=1S/C12H12F3NO4/c1-20-8-4-2-7(3-5-8)9(6-10(17)18)16-11(19)12(13,14)15/h2-5,9H,6H2,1H3,(H,16,19)(H,17,18)/t9-/m1/s1. The number of methoxy groups -OCH3 is 1. The van der Waals surface area contributed by atoms with Gasteiger partial charge in [-0.25, -0.2) is 0 Å². The van der Waals surface area contributed by atoms with E-state index in [2.05, 4.69) is 0 Å². The summed E-state index contributed by atoms with van der Waals surface area (Å²) < 4.78 is 41.5. The zero-order chi connectivity index (χ0) is 15.3. The van der Waals surface area contributed by atoms with Gasteiger partial charge in [-0.2, -0.15) is 13.2 Å². The molecule has 0 saturated heterocycles. The lowest BCUT2D eigenvalue weighted by atomic mass is 10.0. The molecule has 20 heavy (non-hydrogen) atoms. The molecule has 0 aliphatic carbocycles. The van der Waals surface area contributed by atoms with Crippen molar-refractivity contribution < 1.29 is 32.6 Å². The molecule has 0 aliphatic heterocycles. The number of alkyl halides is 3. The van der Waals surface area contributed by atoms with E-state index in [0.717, 1.165) is 0 Å². The highest BCUT2D eigenvalue weighted by atomic mass is 19.4. The summed E-state index contributed by atoms with van der Waals surface area (Å²) in [6.45, 7) is 0. The van der Waals surface area contributed by atoms with Gasteiger partial charge in [0.2, 0.25) is 0 Å². The molecule has 110 valence electrons. The first-order valence-electron chi connectivity index (χ1n) is 5.47. The Bertz CT molecular complexity index is 484. The van der Waals surface area contributed by atoms with Gasteiger partial charge in [-0.3, -0.25) is 9.59 Å². The second kappa shape index (κ2) is 6.27. The molecule has 1 atom stereocenters. The van der Waals surface area contributed by atoms with E-state index in [1.807, 2.05) is 0 Å². The average Bonchev–Trinajstić information content (AvgIpc) is 2.36. The highest BCUT2D eigenvalue weighted by molar-refractivity contribution is 5.82. The maximum atomic E-state index is 12.2. The highest BCUT2D eigenvalue weighted by Gasteiger charge is 2.40. The number of carboxylic acid groups (broad SMARTS) is 1. The van der Waals surface area contributed by atoms with Crippen LogP contribution in [0.1, 0.15) is 18.0 Å². The third kappa shape index (κ3) is 4.45. The number of nitrogens with one attached hydrogen (secondary N) is 1. The monoisotopic (exact) mass is 291 g/mol. The van der Waals surface area contributed by atoms with Crippen molar-refractivity contribution in [2.45, 2.75) is 18.6 Å². The Kier molecular flexibility index (Phi) is 4.95. The Hall–Kier alpha value is -2.25. The molecule has 0 aliphatic rings. The summed E-state index contributed by atoms with van der Waals surface area (Å²) in [5.74, 6) is -3.04. The summed E-state index contributed by atoms with van der Waals surface area (Å²) in [6.07, 6.45) is -5.72. The van der Waals surface area contributed by atoms with Gasteiger partial charge in [-0.15, -0.1) is 0 Å². The van der Waals surface area contributed by atoms with Crippen molar-refractivity contribution in [2.24, 2.45) is 0 Å². The van der Waals surface area contributed by atoms with E-state index in [4.69, 9.17) is 9.84 Å². The molecule has 1 aromatic carbocycles. The van der Waals surface area contributed by atoms with Crippen LogP contribution in [0.15, 0.2) is 24.3 Å². The molecule has 1 aromatic rings. The summed E-state index contributed by atoms with van der Waals surface area (Å²) in [5.41, 5.74) is 0.241. The fourth-order valence-corrected chi connectivity index (χ4v) is 1.50. The lowest BCUT2D eigenvalue weighted by Crippen LogP contribution is -2.39. The van der Waals surface area contributed by atoms with Crippen molar-refractivity contribution in [1.82, 2.24) is 5.32 Å². The number of carbonyl (C=O) groups is 2. The Morgan fingerprint density at radius 3 is 2.25 bits per heavy atom. The van der Waals surface area contributed by atoms with Crippen LogP contribution in [0.2, 0.25) is 0 Å². The Morgan fingerprint density at radius 1 is 1.30 bits per heavy atom. The third-order valence-corrected chi connectivity index (χ3v) is 2.46. The third-order valence-electron chi connectivity index (χ3n) is 2.46. The Morgan fingerprint density at radius 2 is 1.85 bits per heavy atom. The van der Waals surface area contributed by atoms with Gasteiger partial charge >= 0.3 is 18.1 Å². The normalized spacial score (nSPS) is 12.6. The van der Waals surface area contributed by atoms with Gasteiger partial charge in [0, 0.05) is 0 Å². The van der Waals surface area contributed by atoms with Crippen LogP contribution in [-0.2, 0) is 9.59 Å². The largest absolute Gasteiger partial charge is 0.497 e. The predicted molar refractivity (Wildman–Crippen MR) is 62.2 cm³/mol. The molecule has 0 saturated carbocycles. The van der Waals surface area contributed by atoms with E-state index < -0.39 is 30.5 Å². The molecule has 1 rings (SSSR count). The number of amides is 1. The minimum absolute atomic E-state index is 0.241. The van der Waals surface area contributed by atoms with E-state index in [9.17, 15) is 22.8 Å². The quantitative estimate of drug-likeness (QED) is 0.868. The topological polar surface area (TPSA) is 75.6 Å². The van der Waals surface area contributed by atoms with Gasteiger partial charge in [0.25, 0.3) is 0 Å². The molecule has 0 aromatic heterocycles. The summed E-state index contributed by atoms with van der Waals surface area (Å²) >= 11 is 0. The van der Waals surface area contributed by atoms with E-state index in [1.165, 1.54) is 31.4 Å². The van der Waals surface area contributed by atoms with Gasteiger partial charge in [-0.1, -0.05) is 12.1 Å². The SMILES string of the molecule is COc1ccc([C@@H](CC(=O)O)NC(=O)C(F)(F)F)cc1. The smallest absolute Gasteiger partial charge is 0.471 e. The maximum absolute atomic E-state index is 12.2. The molecule has 2 N–H and O–H groups in total. The van der Waals surface area contributed by atoms with Crippen LogP contribution in [0, 0.1) is 0 Å². The van der Waals surface area contributed by atoms with Crippen LogP contribution >= 0.6 is 0 Å². The number of hydrogen-bond acceptors (Lipinski definition) is 3. The fourth-order valence-electron chi connectivity index (χ4n) is 1.50. The Labute approximate surface area is 112 Å². The molecule has 0 heterocycles. The van der Waals surface area contributed by atoms with E-state index in [1.54, 1.807) is 5.32 Å². The van der Waals surface area contributed by atoms with Crippen molar-refractivity contribution in [3.63, 3.8) is 0 Å². The highest BCUT2D eigenvalue weighted by Crippen LogP contribution is 2.23. The molecule has 0 spiro atoms. The minimum Gasteiger partial charge on any atom is -0.497 e. The molecule has 0 radical (unpaired) electrons. The minimum atomic E-state index is -5.07. The number of carbonyl (C=O) groups excluding carboxylic acids is 1. The van der Waals surface area contributed by atoms with Crippen molar-refractivity contribution in [1.29, 1.82) is 0 Å². The van der Waals surface area contributed by atoms with Crippen LogP contribution in [0.25, 0.3) is 0 Å². The summed E-state index contributed by atoms with van der Waals surface area (Å²) in [7, 11) is 1.41. The van der Waals surface area contributed by atoms with Crippen LogP contribution in [0.4, 0.5) is 13.2 Å². The number of carboxylic acids is 1. The summed E-state index contributed by atoms with van der Waals surface area (Å²) in [6, 6.07) is 4.44. The number of aliphatic carboxylic acids is 1. The van der Waals surface area contributed by atoms with Gasteiger partial charge in [-0.05, 0) is 17.7 Å². The van der Waals surface area contributed by atoms with Crippen LogP contribution in [0.5, 0.6) is 5.75 Å². The van der Waals surface area contributed by atoms with Crippen molar-refractivity contribution in [3.8, 4) is 5.75 Å². The van der Waals surface area contributed by atoms with Crippen molar-refractivity contribution >= 4 is 11.9 Å². The van der Waals surface area contributed by atoms with Crippen LogP contribution in [-0.4, -0.2) is 30.3 Å². The zero-order valence-electron chi connectivity index (χ0n) is 10.4. The van der Waals surface area contributed by atoms with E-state index in [-0.39, 0.29) is 5.56 Å². The molecule has 5 nitrogen and oxygen atoms in total. The number of rotatable bonds is 5. The molecule has 1 amide bonds. The summed E-state index contributed by atoms with van der Waals surface area (Å²) in [5, 5.41) is 10.4. The molecular formula is C12H12F3NO4. The van der Waals surface area contributed by atoms with Crippen LogP contribution < -0.4 is 10.1 Å². The fraction of sp³-hybridized carbons (Fsp3) is 0.333. The maximum Gasteiger partial charge on any atom is 0.471 e. The number of benzene rings is 1. The first kappa shape index (κ1) is 15.8. The molecule has 8 heteroatoms. The lowest BCUT2D eigenvalue weighted by Gasteiger charge is -2.18. The Balaban J connectivity index is 2.93. The van der Waals surface area contributed by atoms with Crippen molar-refractivity contribution in [2.75, 3.05) is 7.11 Å². The zero-order valence-corrected chi connectivity index (χ0v) is 10.4. The average molecular weight is 291 g/mol. The second-order valence-electron chi connectivity index (χ2n) is 3.89. The van der Waals surface area contributed by atoms with E-state index >= 15 is 0 Å². The van der Waals surface area contributed by atoms with E-state index in [0.29, 0.717) is 5.75 Å². The number of halogens is 3. The number of hydrogen-bond donors (Lipinski definition) is 2. The molecule has 0 unspecified atom stereocenters. The molecule has 0 fully saturated rings. The van der Waals surface area contributed by atoms with Crippen molar-refractivity contribution in [3.05, 3.63) is 29.8 Å². The number of ether oxygens (including phenoxy) is 1. The first-order valence-corrected chi connectivity index (χ1v) is 5.47. The first-order chi connectivity index (χ1) is 9.24. The van der Waals surface area contributed by atoms with Gasteiger partial charge in [0.1, 0.15) is 5.75 Å². The van der Waals surface area contributed by atoms with Gasteiger partial charge in [0.05, 0.1) is 19.6 Å². The predicted octanol–water partition coefficient (Wildman–Crippen LogP) is 1.89. The van der Waals surface area contributed by atoms with Crippen LogP contribution in [0.3, 0.4) is 0 Å². The lowest BCUT2D eigenvalue weighted by molar-refractivity contribution is -0.174. The van der Waals surface area contributed by atoms with Gasteiger partial charge < -0.3 is 15.2 Å². The van der Waals surface area contributed by atoms with Gasteiger partial charge in [0.15, 0.2) is 0 Å². The second-order valence-corrected chi connectivity index (χ2v) is 3.89. The molecular weight excluding hydrogens is 279 g/mol.